The molecule has 1 N–H and O–H groups in total. The fourth-order valence-corrected chi connectivity index (χ4v) is 4.20. The topological polar surface area (TPSA) is 76.5 Å². The van der Waals surface area contributed by atoms with Crippen LogP contribution in [0.15, 0.2) is 36.7 Å². The minimum Gasteiger partial charge on any atom is -0.444 e. The number of nitrogens with zero attached hydrogens (tertiary/aromatic N) is 3. The van der Waals surface area contributed by atoms with Crippen molar-refractivity contribution in [2.75, 3.05) is 13.1 Å². The van der Waals surface area contributed by atoms with Crippen LogP contribution in [0.3, 0.4) is 0 Å². The van der Waals surface area contributed by atoms with E-state index < -0.39 is 47.4 Å². The maximum absolute atomic E-state index is 14.9. The van der Waals surface area contributed by atoms with E-state index in [1.807, 2.05) is 0 Å². The Morgan fingerprint density at radius 3 is 2.56 bits per heavy atom. The summed E-state index contributed by atoms with van der Waals surface area (Å²) in [7, 11) is 0. The molecule has 11 heteroatoms. The third kappa shape index (κ3) is 5.44. The summed E-state index contributed by atoms with van der Waals surface area (Å²) >= 11 is 0. The molecule has 1 aliphatic heterocycles. The summed E-state index contributed by atoms with van der Waals surface area (Å²) < 4.78 is 64.5. The lowest BCUT2D eigenvalue weighted by Crippen LogP contribution is -2.54. The normalized spacial score (nSPS) is 18.4. The minimum atomic E-state index is -1.59. The van der Waals surface area contributed by atoms with Crippen molar-refractivity contribution >= 4 is 22.9 Å². The fourth-order valence-electron chi connectivity index (χ4n) is 4.20. The number of aromatic nitrogens is 2. The van der Waals surface area contributed by atoms with Gasteiger partial charge in [-0.2, -0.15) is 4.39 Å². The molecule has 36 heavy (non-hydrogen) atoms. The number of fused-ring (bicyclic) bond motifs is 1. The second-order valence-corrected chi connectivity index (χ2v) is 9.72. The van der Waals surface area contributed by atoms with Crippen LogP contribution in [-0.4, -0.2) is 57.4 Å². The van der Waals surface area contributed by atoms with E-state index in [2.05, 4.69) is 10.3 Å². The lowest BCUT2D eigenvalue weighted by molar-refractivity contribution is 0.00972. The lowest BCUT2D eigenvalue weighted by Gasteiger charge is -2.35. The Balaban J connectivity index is 1.56. The molecule has 3 heterocycles. The first-order valence-corrected chi connectivity index (χ1v) is 11.4. The number of alkyl halides is 1. The number of carbonyl (C=O) groups excluding carboxylic acids is 2. The predicted octanol–water partition coefficient (Wildman–Crippen LogP) is 4.58. The van der Waals surface area contributed by atoms with Crippen molar-refractivity contribution < 1.29 is 31.9 Å². The van der Waals surface area contributed by atoms with Gasteiger partial charge in [0, 0.05) is 25.5 Å². The predicted molar refractivity (Wildman–Crippen MR) is 124 cm³/mol. The summed E-state index contributed by atoms with van der Waals surface area (Å²) in [4.78, 5) is 30.0. The molecule has 1 aromatic carbocycles. The van der Waals surface area contributed by atoms with E-state index in [4.69, 9.17) is 4.74 Å². The van der Waals surface area contributed by atoms with Gasteiger partial charge in [-0.15, -0.1) is 0 Å². The van der Waals surface area contributed by atoms with E-state index in [9.17, 15) is 27.2 Å². The molecule has 0 bridgehead atoms. The van der Waals surface area contributed by atoms with Gasteiger partial charge in [0.15, 0.2) is 0 Å². The van der Waals surface area contributed by atoms with Gasteiger partial charge in [0.2, 0.25) is 5.95 Å². The highest BCUT2D eigenvalue weighted by Crippen LogP contribution is 2.28. The monoisotopic (exact) mass is 506 g/mol. The number of amides is 2. The molecule has 0 saturated carbocycles. The molecule has 0 aliphatic carbocycles. The Labute approximate surface area is 205 Å². The number of benzene rings is 1. The first-order chi connectivity index (χ1) is 16.9. The van der Waals surface area contributed by atoms with Crippen LogP contribution in [0, 0.1) is 17.6 Å². The zero-order valence-electron chi connectivity index (χ0n) is 20.0. The van der Waals surface area contributed by atoms with Crippen molar-refractivity contribution in [1.82, 2.24) is 19.8 Å². The van der Waals surface area contributed by atoms with Gasteiger partial charge in [0.25, 0.3) is 5.91 Å². The number of carbonyl (C=O) groups is 2. The zero-order valence-corrected chi connectivity index (χ0v) is 20.0. The molecule has 2 amide bonds. The summed E-state index contributed by atoms with van der Waals surface area (Å²) in [5.74, 6) is -3.12. The van der Waals surface area contributed by atoms with Crippen LogP contribution in [0.5, 0.6) is 0 Å². The molecular formula is C25H26F4N4O3. The van der Waals surface area contributed by atoms with E-state index >= 15 is 0 Å². The Hall–Kier alpha value is -3.63. The van der Waals surface area contributed by atoms with Crippen LogP contribution in [0.25, 0.3) is 10.9 Å². The number of ether oxygens (including phenoxy) is 1. The second kappa shape index (κ2) is 9.79. The van der Waals surface area contributed by atoms with E-state index in [0.29, 0.717) is 5.56 Å². The maximum atomic E-state index is 14.9. The number of pyridine rings is 1. The molecular weight excluding hydrogens is 480 g/mol. The van der Waals surface area contributed by atoms with Crippen LogP contribution < -0.4 is 5.32 Å². The summed E-state index contributed by atoms with van der Waals surface area (Å²) in [6.07, 6.45) is 0.366. The Morgan fingerprint density at radius 1 is 1.17 bits per heavy atom. The number of rotatable bonds is 4. The fraction of sp³-hybridized carbons (Fsp3) is 0.400. The quantitative estimate of drug-likeness (QED) is 0.415. The van der Waals surface area contributed by atoms with E-state index in [-0.39, 0.29) is 42.5 Å². The first-order valence-electron chi connectivity index (χ1n) is 11.4. The number of piperidine rings is 1. The number of halogens is 4. The molecule has 3 aromatic rings. The average Bonchev–Trinajstić information content (AvgIpc) is 3.17. The summed E-state index contributed by atoms with van der Waals surface area (Å²) in [6.45, 7) is 4.93. The van der Waals surface area contributed by atoms with E-state index in [1.165, 1.54) is 27.9 Å². The van der Waals surface area contributed by atoms with Crippen molar-refractivity contribution in [2.45, 2.75) is 51.6 Å². The van der Waals surface area contributed by atoms with Crippen molar-refractivity contribution in [3.63, 3.8) is 0 Å². The summed E-state index contributed by atoms with van der Waals surface area (Å²) in [5.41, 5.74) is -0.663. The number of likely N-dealkylation sites (tertiary alicyclic amines) is 1. The third-order valence-electron chi connectivity index (χ3n) is 5.82. The molecule has 4 rings (SSSR count). The first kappa shape index (κ1) is 25.5. The van der Waals surface area contributed by atoms with Gasteiger partial charge < -0.3 is 19.5 Å². The molecule has 0 spiro atoms. The molecule has 7 nitrogen and oxygen atoms in total. The van der Waals surface area contributed by atoms with Gasteiger partial charge in [0.1, 0.15) is 23.4 Å². The highest BCUT2D eigenvalue weighted by Gasteiger charge is 2.35. The number of hydrogen-bond donors (Lipinski definition) is 1. The largest absolute Gasteiger partial charge is 0.444 e. The summed E-state index contributed by atoms with van der Waals surface area (Å²) in [5, 5.41) is 2.29. The van der Waals surface area contributed by atoms with Gasteiger partial charge in [-0.1, -0.05) is 0 Å². The second-order valence-electron chi connectivity index (χ2n) is 9.72. The Kier molecular flexibility index (Phi) is 6.92. The number of nitrogens with one attached hydrogen (secondary N) is 1. The number of hydrogen-bond acceptors (Lipinski definition) is 4. The standard InChI is InChI=1S/C25H26F4N4O3/c1-25(2,3)36-24(35)32-9-7-19(18(28)13-32)31-23(34)15-12-33(11-14-6-8-30-20(29)10-14)22-17(27)5-4-16(26)21(15)22/h4-6,8,10,12,18-19H,7,9,11,13H2,1-3H3,(H,31,34). The van der Waals surface area contributed by atoms with Gasteiger partial charge >= 0.3 is 6.09 Å². The molecule has 2 unspecified atom stereocenters. The van der Waals surface area contributed by atoms with Gasteiger partial charge in [0.05, 0.1) is 29.1 Å². The molecule has 1 fully saturated rings. The Bertz CT molecular complexity index is 1300. The van der Waals surface area contributed by atoms with Crippen molar-refractivity contribution in [3.05, 3.63) is 65.4 Å². The minimum absolute atomic E-state index is 0.0520. The molecule has 2 atom stereocenters. The molecule has 2 aromatic heterocycles. The molecule has 1 aliphatic rings. The maximum Gasteiger partial charge on any atom is 0.410 e. The van der Waals surface area contributed by atoms with E-state index in [0.717, 1.165) is 18.2 Å². The Morgan fingerprint density at radius 2 is 1.89 bits per heavy atom. The molecule has 192 valence electrons. The highest BCUT2D eigenvalue weighted by molar-refractivity contribution is 6.07. The smallest absolute Gasteiger partial charge is 0.410 e. The SMILES string of the molecule is CC(C)(C)OC(=O)N1CCC(NC(=O)c2cn(Cc3ccnc(F)c3)c3c(F)ccc(F)c23)C(F)C1. The van der Waals surface area contributed by atoms with Crippen LogP contribution in [-0.2, 0) is 11.3 Å². The van der Waals surface area contributed by atoms with Crippen LogP contribution in [0.2, 0.25) is 0 Å². The van der Waals surface area contributed by atoms with Gasteiger partial charge in [-0.05, 0) is 57.0 Å². The highest BCUT2D eigenvalue weighted by atomic mass is 19.1. The van der Waals surface area contributed by atoms with Crippen LogP contribution >= 0.6 is 0 Å². The molecule has 1 saturated heterocycles. The van der Waals surface area contributed by atoms with Crippen LogP contribution in [0.1, 0.15) is 43.1 Å². The van der Waals surface area contributed by atoms with Crippen molar-refractivity contribution in [1.29, 1.82) is 0 Å². The average molecular weight is 507 g/mol. The zero-order chi connectivity index (χ0) is 26.2. The van der Waals surface area contributed by atoms with Crippen molar-refractivity contribution in [2.24, 2.45) is 0 Å². The molecule has 0 radical (unpaired) electrons. The van der Waals surface area contributed by atoms with Crippen molar-refractivity contribution in [3.8, 4) is 0 Å². The van der Waals surface area contributed by atoms with Gasteiger partial charge in [-0.25, -0.2) is 22.9 Å². The van der Waals surface area contributed by atoms with Crippen LogP contribution in [0.4, 0.5) is 22.4 Å². The third-order valence-corrected chi connectivity index (χ3v) is 5.82. The summed E-state index contributed by atoms with van der Waals surface area (Å²) in [6, 6.07) is 3.56. The lowest BCUT2D eigenvalue weighted by atomic mass is 10.0. The van der Waals surface area contributed by atoms with Gasteiger partial charge in [-0.3, -0.25) is 4.79 Å². The van der Waals surface area contributed by atoms with E-state index in [1.54, 1.807) is 20.8 Å².